The van der Waals surface area contributed by atoms with Gasteiger partial charge in [-0.2, -0.15) is 0 Å². The summed E-state index contributed by atoms with van der Waals surface area (Å²) in [5.41, 5.74) is 6.81. The lowest BCUT2D eigenvalue weighted by atomic mass is 9.78. The van der Waals surface area contributed by atoms with Crippen molar-refractivity contribution in [2.75, 3.05) is 6.67 Å². The molecule has 3 aromatic rings. The van der Waals surface area contributed by atoms with Crippen molar-refractivity contribution in [2.24, 2.45) is 17.6 Å². The van der Waals surface area contributed by atoms with Crippen molar-refractivity contribution in [1.29, 1.82) is 0 Å². The summed E-state index contributed by atoms with van der Waals surface area (Å²) in [5, 5.41) is 13.3. The Balaban J connectivity index is 1.46. The van der Waals surface area contributed by atoms with E-state index in [2.05, 4.69) is 5.32 Å². The number of rotatable bonds is 8. The number of para-hydroxylation sites is 1. The van der Waals surface area contributed by atoms with Crippen molar-refractivity contribution in [3.05, 3.63) is 71.5 Å². The number of carbonyl (C=O) groups is 4. The molecule has 5 rings (SSSR count). The van der Waals surface area contributed by atoms with Crippen LogP contribution in [-0.2, 0) is 14.3 Å². The average molecular weight is 622 g/mol. The number of alkyl carbamates (subject to hydrolysis) is 1. The van der Waals surface area contributed by atoms with E-state index in [0.717, 1.165) is 5.56 Å². The quantitative estimate of drug-likeness (QED) is 0.291. The van der Waals surface area contributed by atoms with Crippen LogP contribution in [-0.4, -0.2) is 58.2 Å². The average Bonchev–Trinajstić information content (AvgIpc) is 3.59. The van der Waals surface area contributed by atoms with Crippen LogP contribution in [0.2, 0.25) is 0 Å². The lowest BCUT2D eigenvalue weighted by Gasteiger charge is -2.37. The predicted octanol–water partition coefficient (Wildman–Crippen LogP) is 5.71. The maximum absolute atomic E-state index is 14.5. The number of halogens is 1. The van der Waals surface area contributed by atoms with E-state index in [1.54, 1.807) is 45.0 Å². The summed E-state index contributed by atoms with van der Waals surface area (Å²) in [5.74, 6) is -3.73. The van der Waals surface area contributed by atoms with Crippen LogP contribution in [0.1, 0.15) is 86.5 Å². The van der Waals surface area contributed by atoms with Gasteiger partial charge in [-0.15, -0.1) is 0 Å². The lowest BCUT2D eigenvalue weighted by molar-refractivity contribution is -0.144. The first kappa shape index (κ1) is 32.0. The maximum atomic E-state index is 14.5. The van der Waals surface area contributed by atoms with Gasteiger partial charge >= 0.3 is 12.1 Å². The number of nitrogens with zero attached hydrogens (tertiary/aromatic N) is 1. The third-order valence-electron chi connectivity index (χ3n) is 8.99. The number of ether oxygens (including phenoxy) is 1. The van der Waals surface area contributed by atoms with E-state index in [1.807, 2.05) is 30.3 Å². The van der Waals surface area contributed by atoms with Gasteiger partial charge in [0.05, 0.1) is 12.1 Å². The van der Waals surface area contributed by atoms with Gasteiger partial charge in [0.25, 0.3) is 0 Å². The van der Waals surface area contributed by atoms with Gasteiger partial charge in [0.2, 0.25) is 17.6 Å². The number of benzene rings is 2. The van der Waals surface area contributed by atoms with Gasteiger partial charge in [0.1, 0.15) is 23.9 Å². The molecule has 2 fully saturated rings. The van der Waals surface area contributed by atoms with Gasteiger partial charge in [-0.25, -0.2) is 14.0 Å². The number of hydrogen-bond donors (Lipinski definition) is 3. The molecule has 3 amide bonds. The second-order valence-electron chi connectivity index (χ2n) is 13.0. The highest BCUT2D eigenvalue weighted by Gasteiger charge is 2.51. The van der Waals surface area contributed by atoms with E-state index in [1.165, 1.54) is 4.90 Å². The minimum atomic E-state index is -1.28. The Morgan fingerprint density at radius 3 is 2.29 bits per heavy atom. The van der Waals surface area contributed by atoms with E-state index in [0.29, 0.717) is 42.2 Å². The van der Waals surface area contributed by atoms with Crippen LogP contribution in [0.5, 0.6) is 0 Å². The number of nitrogens with one attached hydrogen (secondary N) is 1. The topological polar surface area (TPSA) is 152 Å². The molecular formula is C34H40FN3O7. The molecule has 4 atom stereocenters. The van der Waals surface area contributed by atoms with Crippen LogP contribution in [0.4, 0.5) is 9.18 Å². The number of amides is 3. The Kier molecular flexibility index (Phi) is 9.18. The second-order valence-corrected chi connectivity index (χ2v) is 13.0. The molecule has 0 spiro atoms. The molecule has 2 aliphatic rings. The standard InChI is InChI=1S/C34H40FN3O7/c1-34(2,3)45-33(43)37-24(18-35)20-13-15-21(16-14-20)31(40)38-25(17-23(28(38)30(36)39)19-9-5-4-6-10-19)27-22-11-7-8-12-26(22)44-29(27)32(41)42/h4-12,20-21,23-25,28H,13-18H2,1-3H3,(H2,36,39)(H,37,43)(H,41,42)/t20?,21?,23-,24?,25?,28+/m1/s1. The fraction of sp³-hybridized carbons (Fsp3) is 0.471. The normalized spacial score (nSPS) is 24.3. The number of furan rings is 1. The van der Waals surface area contributed by atoms with Crippen LogP contribution in [0.3, 0.4) is 0 Å². The van der Waals surface area contributed by atoms with Crippen molar-refractivity contribution < 1.29 is 37.8 Å². The lowest BCUT2D eigenvalue weighted by Crippen LogP contribution is -2.50. The minimum Gasteiger partial charge on any atom is -0.475 e. The van der Waals surface area contributed by atoms with Gasteiger partial charge in [-0.3, -0.25) is 9.59 Å². The Hall–Kier alpha value is -4.41. The molecule has 2 aromatic carbocycles. The van der Waals surface area contributed by atoms with Gasteiger partial charge in [-0.1, -0.05) is 48.5 Å². The Labute approximate surface area is 261 Å². The molecular weight excluding hydrogens is 581 g/mol. The van der Waals surface area contributed by atoms with Gasteiger partial charge < -0.3 is 30.2 Å². The van der Waals surface area contributed by atoms with Crippen molar-refractivity contribution in [2.45, 2.75) is 82.5 Å². The van der Waals surface area contributed by atoms with Crippen LogP contribution in [0.15, 0.2) is 59.0 Å². The number of carboxylic acids is 1. The summed E-state index contributed by atoms with van der Waals surface area (Å²) < 4.78 is 25.1. The monoisotopic (exact) mass is 621 g/mol. The molecule has 1 aromatic heterocycles. The first-order valence-corrected chi connectivity index (χ1v) is 15.4. The van der Waals surface area contributed by atoms with E-state index in [-0.39, 0.29) is 24.0 Å². The third kappa shape index (κ3) is 6.67. The molecule has 45 heavy (non-hydrogen) atoms. The highest BCUT2D eigenvalue weighted by atomic mass is 19.1. The first-order valence-electron chi connectivity index (χ1n) is 15.4. The molecule has 4 N–H and O–H groups in total. The molecule has 0 bridgehead atoms. The van der Waals surface area contributed by atoms with Crippen LogP contribution < -0.4 is 11.1 Å². The summed E-state index contributed by atoms with van der Waals surface area (Å²) in [6.07, 6.45) is 1.32. The molecule has 2 unspecified atom stereocenters. The molecule has 2 heterocycles. The number of carbonyl (C=O) groups excluding carboxylic acids is 3. The molecule has 1 aliphatic heterocycles. The minimum absolute atomic E-state index is 0.207. The second kappa shape index (κ2) is 12.9. The number of fused-ring (bicyclic) bond motifs is 1. The number of aromatic carboxylic acids is 1. The van der Waals surface area contributed by atoms with E-state index in [4.69, 9.17) is 14.9 Å². The molecule has 1 aliphatic carbocycles. The SMILES string of the molecule is CC(C)(C)OC(=O)NC(CF)C1CCC(C(=O)N2C(c3c(C(=O)O)oc4ccccc34)C[C@H](c3ccccc3)[C@H]2C(N)=O)CC1. The van der Waals surface area contributed by atoms with Crippen LogP contribution >= 0.6 is 0 Å². The number of carboxylic acid groups (broad SMARTS) is 1. The zero-order valence-corrected chi connectivity index (χ0v) is 25.7. The summed E-state index contributed by atoms with van der Waals surface area (Å²) in [6, 6.07) is 13.6. The molecule has 0 radical (unpaired) electrons. The number of nitrogens with two attached hydrogens (primary N) is 1. The highest BCUT2D eigenvalue weighted by molar-refractivity contribution is 5.97. The first-order chi connectivity index (χ1) is 21.4. The number of primary amides is 1. The number of alkyl halides is 1. The predicted molar refractivity (Wildman–Crippen MR) is 164 cm³/mol. The van der Waals surface area contributed by atoms with Crippen LogP contribution in [0.25, 0.3) is 11.0 Å². The number of hydrogen-bond acceptors (Lipinski definition) is 6. The van der Waals surface area contributed by atoms with Gasteiger partial charge in [-0.05, 0) is 70.4 Å². The summed E-state index contributed by atoms with van der Waals surface area (Å²) in [4.78, 5) is 53.9. The molecule has 11 heteroatoms. The molecule has 1 saturated heterocycles. The van der Waals surface area contributed by atoms with Crippen molar-refractivity contribution >= 4 is 34.8 Å². The van der Waals surface area contributed by atoms with Crippen molar-refractivity contribution in [3.63, 3.8) is 0 Å². The van der Waals surface area contributed by atoms with Gasteiger partial charge in [0, 0.05) is 22.8 Å². The van der Waals surface area contributed by atoms with E-state index >= 15 is 0 Å². The van der Waals surface area contributed by atoms with E-state index < -0.39 is 60.2 Å². The summed E-state index contributed by atoms with van der Waals surface area (Å²) in [7, 11) is 0. The van der Waals surface area contributed by atoms with E-state index in [9.17, 15) is 28.7 Å². The van der Waals surface area contributed by atoms with Gasteiger partial charge in [0.15, 0.2) is 0 Å². The number of likely N-dealkylation sites (tertiary alicyclic amines) is 1. The zero-order valence-electron chi connectivity index (χ0n) is 25.7. The third-order valence-corrected chi connectivity index (χ3v) is 8.99. The molecule has 1 saturated carbocycles. The fourth-order valence-electron chi connectivity index (χ4n) is 7.05. The van der Waals surface area contributed by atoms with Crippen molar-refractivity contribution in [3.8, 4) is 0 Å². The summed E-state index contributed by atoms with van der Waals surface area (Å²) in [6.45, 7) is 4.41. The molecule has 240 valence electrons. The maximum Gasteiger partial charge on any atom is 0.407 e. The smallest absolute Gasteiger partial charge is 0.407 e. The fourth-order valence-corrected chi connectivity index (χ4v) is 7.05. The Bertz CT molecular complexity index is 1560. The van der Waals surface area contributed by atoms with Crippen molar-refractivity contribution in [1.82, 2.24) is 10.2 Å². The Morgan fingerprint density at radius 2 is 1.69 bits per heavy atom. The highest BCUT2D eigenvalue weighted by Crippen LogP contribution is 2.50. The van der Waals surface area contributed by atoms with Crippen LogP contribution in [0, 0.1) is 11.8 Å². The summed E-state index contributed by atoms with van der Waals surface area (Å²) >= 11 is 0. The Morgan fingerprint density at radius 1 is 1.04 bits per heavy atom. The molecule has 10 nitrogen and oxygen atoms in total. The zero-order chi connectivity index (χ0) is 32.5. The largest absolute Gasteiger partial charge is 0.475 e.